The molecule has 142 valence electrons. The molecule has 0 saturated carbocycles. The quantitative estimate of drug-likeness (QED) is 0.737. The number of ether oxygens (including phenoxy) is 1. The summed E-state index contributed by atoms with van der Waals surface area (Å²) in [5, 5.41) is 7.72. The number of anilines is 1. The van der Waals surface area contributed by atoms with Crippen LogP contribution in [0.25, 0.3) is 22.5 Å². The third kappa shape index (κ3) is 5.72. The molecule has 3 rings (SSSR count). The fourth-order valence-corrected chi connectivity index (χ4v) is 2.21. The van der Waals surface area contributed by atoms with E-state index in [9.17, 15) is 0 Å². The van der Waals surface area contributed by atoms with Crippen LogP contribution in [-0.2, 0) is 11.8 Å². The van der Waals surface area contributed by atoms with Gasteiger partial charge in [-0.25, -0.2) is 9.97 Å². The van der Waals surface area contributed by atoms with Crippen LogP contribution in [0.1, 0.15) is 20.8 Å². The highest BCUT2D eigenvalue weighted by atomic mass is 16.5. The number of aryl methyl sites for hydroxylation is 1. The van der Waals surface area contributed by atoms with E-state index in [1.807, 2.05) is 58.3 Å². The van der Waals surface area contributed by atoms with Gasteiger partial charge in [0.2, 0.25) is 5.95 Å². The smallest absolute Gasteiger partial charge is 0.227 e. The van der Waals surface area contributed by atoms with Crippen molar-refractivity contribution in [2.24, 2.45) is 7.05 Å². The Kier molecular flexibility index (Phi) is 7.63. The van der Waals surface area contributed by atoms with Crippen molar-refractivity contribution in [3.63, 3.8) is 0 Å². The number of nitrogens with zero attached hydrogens (tertiary/aromatic N) is 5. The molecule has 0 bridgehead atoms. The molecule has 0 aliphatic carbocycles. The lowest BCUT2D eigenvalue weighted by molar-refractivity contribution is 0.215. The van der Waals surface area contributed by atoms with Gasteiger partial charge < -0.3 is 10.1 Å². The molecule has 3 heterocycles. The van der Waals surface area contributed by atoms with Crippen molar-refractivity contribution >= 4 is 5.95 Å². The summed E-state index contributed by atoms with van der Waals surface area (Å²) in [5.41, 5.74) is 4.58. The van der Waals surface area contributed by atoms with Gasteiger partial charge in [-0.05, 0) is 39.0 Å². The highest BCUT2D eigenvalue weighted by molar-refractivity contribution is 5.78. The molecule has 0 fully saturated rings. The van der Waals surface area contributed by atoms with Gasteiger partial charge >= 0.3 is 0 Å². The number of allylic oxidation sites excluding steroid dienone is 2. The van der Waals surface area contributed by atoms with Crippen molar-refractivity contribution in [1.29, 1.82) is 0 Å². The van der Waals surface area contributed by atoms with Crippen molar-refractivity contribution < 1.29 is 4.74 Å². The molecule has 0 unspecified atom stereocenters. The molecule has 0 aliphatic heterocycles. The van der Waals surface area contributed by atoms with Gasteiger partial charge in [-0.15, -0.1) is 0 Å². The number of pyridine rings is 1. The van der Waals surface area contributed by atoms with Gasteiger partial charge in [-0.1, -0.05) is 6.08 Å². The second-order valence-corrected chi connectivity index (χ2v) is 5.75. The van der Waals surface area contributed by atoms with Gasteiger partial charge in [-0.3, -0.25) is 9.67 Å². The Morgan fingerprint density at radius 1 is 1.30 bits per heavy atom. The second-order valence-electron chi connectivity index (χ2n) is 5.75. The predicted octanol–water partition coefficient (Wildman–Crippen LogP) is 3.93. The molecule has 0 aliphatic rings. The van der Waals surface area contributed by atoms with Gasteiger partial charge in [0, 0.05) is 62.4 Å². The van der Waals surface area contributed by atoms with Crippen LogP contribution in [0.2, 0.25) is 0 Å². The molecular weight excluding hydrogens is 340 g/mol. The molecular formula is C20H26N6O. The minimum atomic E-state index is 0.569. The number of hydrogen-bond donors (Lipinski definition) is 1. The van der Waals surface area contributed by atoms with Crippen molar-refractivity contribution in [3.05, 3.63) is 54.8 Å². The predicted molar refractivity (Wildman–Crippen MR) is 108 cm³/mol. The normalized spacial score (nSPS) is 10.9. The fourth-order valence-electron chi connectivity index (χ4n) is 2.21. The van der Waals surface area contributed by atoms with E-state index in [0.29, 0.717) is 5.95 Å². The summed E-state index contributed by atoms with van der Waals surface area (Å²) in [5.74, 6) is 0.569. The zero-order chi connectivity index (χ0) is 19.6. The summed E-state index contributed by atoms with van der Waals surface area (Å²) in [6.07, 6.45) is 9.22. The minimum Gasteiger partial charge on any atom is -0.385 e. The van der Waals surface area contributed by atoms with E-state index in [4.69, 9.17) is 0 Å². The maximum atomic E-state index is 4.59. The van der Waals surface area contributed by atoms with E-state index >= 15 is 0 Å². The van der Waals surface area contributed by atoms with E-state index in [1.54, 1.807) is 30.4 Å². The Bertz CT molecular complexity index is 871. The molecule has 0 aromatic carbocycles. The first-order valence-corrected chi connectivity index (χ1v) is 8.75. The Balaban J connectivity index is 0.000000596. The number of rotatable bonds is 5. The number of aromatic nitrogens is 5. The average Bonchev–Trinajstić information content (AvgIpc) is 3.11. The summed E-state index contributed by atoms with van der Waals surface area (Å²) in [7, 11) is 3.58. The lowest BCUT2D eigenvalue weighted by Gasteiger charge is -2.06. The second kappa shape index (κ2) is 10.2. The first-order valence-electron chi connectivity index (χ1n) is 8.75. The maximum Gasteiger partial charge on any atom is 0.227 e. The Hall–Kier alpha value is -3.06. The highest BCUT2D eigenvalue weighted by Crippen LogP contribution is 2.29. The van der Waals surface area contributed by atoms with Crippen LogP contribution in [-0.4, -0.2) is 38.4 Å². The summed E-state index contributed by atoms with van der Waals surface area (Å²) in [4.78, 5) is 13.0. The van der Waals surface area contributed by atoms with Crippen LogP contribution in [0, 0.1) is 0 Å². The third-order valence-corrected chi connectivity index (χ3v) is 3.73. The van der Waals surface area contributed by atoms with Crippen molar-refractivity contribution in [2.45, 2.75) is 20.8 Å². The van der Waals surface area contributed by atoms with Crippen molar-refractivity contribution in [1.82, 2.24) is 24.7 Å². The van der Waals surface area contributed by atoms with Gasteiger partial charge in [0.25, 0.3) is 0 Å². The highest BCUT2D eigenvalue weighted by Gasteiger charge is 2.14. The molecule has 3 aromatic rings. The molecule has 0 radical (unpaired) electrons. The largest absolute Gasteiger partial charge is 0.385 e. The van der Waals surface area contributed by atoms with E-state index in [-0.39, 0.29) is 0 Å². The molecule has 7 heteroatoms. The standard InChI is InChI=1S/C17H18N6.C3H8O/c1-4-12(2)20-17-19-9-7-15(21-17)14-11-23(3)22-16(14)13-6-5-8-18-10-13;1-3-4-2/h4-11H,1-3H3,(H,19,20,21);3H2,1-2H3/b12-4+;. The third-order valence-electron chi connectivity index (χ3n) is 3.73. The average molecular weight is 366 g/mol. The summed E-state index contributed by atoms with van der Waals surface area (Å²) in [6, 6.07) is 5.77. The molecule has 1 N–H and O–H groups in total. The minimum absolute atomic E-state index is 0.569. The van der Waals surface area contributed by atoms with Crippen LogP contribution in [0.5, 0.6) is 0 Å². The van der Waals surface area contributed by atoms with E-state index in [1.165, 1.54) is 0 Å². The zero-order valence-corrected chi connectivity index (χ0v) is 16.5. The lowest BCUT2D eigenvalue weighted by Crippen LogP contribution is -2.01. The monoisotopic (exact) mass is 366 g/mol. The Morgan fingerprint density at radius 3 is 2.70 bits per heavy atom. The SMILES string of the molecule is C/C=C(\C)Nc1nccc(-c2cn(C)nc2-c2cccnc2)n1.CCOC. The molecule has 0 atom stereocenters. The van der Waals surface area contributed by atoms with Crippen LogP contribution in [0.15, 0.2) is 54.8 Å². The van der Waals surface area contributed by atoms with Crippen LogP contribution in [0.3, 0.4) is 0 Å². The van der Waals surface area contributed by atoms with Gasteiger partial charge in [0.1, 0.15) is 5.69 Å². The summed E-state index contributed by atoms with van der Waals surface area (Å²) < 4.78 is 6.32. The zero-order valence-electron chi connectivity index (χ0n) is 16.5. The van der Waals surface area contributed by atoms with E-state index in [2.05, 4.69) is 30.1 Å². The number of nitrogens with one attached hydrogen (secondary N) is 1. The van der Waals surface area contributed by atoms with Gasteiger partial charge in [0.15, 0.2) is 0 Å². The van der Waals surface area contributed by atoms with Crippen molar-refractivity contribution in [3.8, 4) is 22.5 Å². The van der Waals surface area contributed by atoms with E-state index < -0.39 is 0 Å². The van der Waals surface area contributed by atoms with Crippen LogP contribution in [0.4, 0.5) is 5.95 Å². The number of methoxy groups -OCH3 is 1. The fraction of sp³-hybridized carbons (Fsp3) is 0.300. The first kappa shape index (κ1) is 20.3. The Morgan fingerprint density at radius 2 is 2.07 bits per heavy atom. The lowest BCUT2D eigenvalue weighted by atomic mass is 10.1. The molecule has 0 saturated heterocycles. The van der Waals surface area contributed by atoms with Gasteiger partial charge in [-0.2, -0.15) is 5.10 Å². The van der Waals surface area contributed by atoms with Crippen molar-refractivity contribution in [2.75, 3.05) is 19.0 Å². The maximum absolute atomic E-state index is 4.59. The number of hydrogen-bond acceptors (Lipinski definition) is 6. The Labute approximate surface area is 160 Å². The summed E-state index contributed by atoms with van der Waals surface area (Å²) in [6.45, 7) is 6.72. The molecule has 3 aromatic heterocycles. The summed E-state index contributed by atoms with van der Waals surface area (Å²) >= 11 is 0. The topological polar surface area (TPSA) is 77.8 Å². The van der Waals surface area contributed by atoms with Gasteiger partial charge in [0.05, 0.1) is 5.69 Å². The first-order chi connectivity index (χ1) is 13.1. The molecule has 0 spiro atoms. The molecule has 27 heavy (non-hydrogen) atoms. The van der Waals surface area contributed by atoms with E-state index in [0.717, 1.165) is 34.8 Å². The van der Waals surface area contributed by atoms with Crippen LogP contribution < -0.4 is 5.32 Å². The molecule has 7 nitrogen and oxygen atoms in total. The molecule has 0 amide bonds. The van der Waals surface area contributed by atoms with Crippen LogP contribution >= 0.6 is 0 Å².